The molecule has 0 aromatic heterocycles. The topological polar surface area (TPSA) is 49.4 Å². The maximum Gasteiger partial charge on any atom is 0.240 e. The van der Waals surface area contributed by atoms with Gasteiger partial charge in [-0.05, 0) is 44.1 Å². The highest BCUT2D eigenvalue weighted by Gasteiger charge is 2.19. The van der Waals surface area contributed by atoms with Gasteiger partial charge in [0.1, 0.15) is 0 Å². The van der Waals surface area contributed by atoms with Crippen molar-refractivity contribution in [3.63, 3.8) is 0 Å². The van der Waals surface area contributed by atoms with Crippen LogP contribution in [0.15, 0.2) is 29.2 Å². The predicted octanol–water partition coefficient (Wildman–Crippen LogP) is 2.84. The molecule has 1 N–H and O–H groups in total. The quantitative estimate of drug-likeness (QED) is 0.709. The van der Waals surface area contributed by atoms with Crippen LogP contribution in [0.4, 0.5) is 0 Å². The van der Waals surface area contributed by atoms with Gasteiger partial charge in [0, 0.05) is 17.9 Å². The fraction of sp³-hybridized carbons (Fsp3) is 0.600. The summed E-state index contributed by atoms with van der Waals surface area (Å²) < 4.78 is 27.3. The minimum absolute atomic E-state index is 0.196. The highest BCUT2D eigenvalue weighted by molar-refractivity contribution is 9.08. The van der Waals surface area contributed by atoms with Crippen LogP contribution in [0.5, 0.6) is 0 Å². The van der Waals surface area contributed by atoms with Gasteiger partial charge in [-0.3, -0.25) is 0 Å². The SMILES string of the molecule is CC(C)CC(CNS(=O)(=O)c1ccc(CBr)cc1)N(C)C. The number of nitrogens with zero attached hydrogens (tertiary/aromatic N) is 1. The van der Waals surface area contributed by atoms with E-state index in [4.69, 9.17) is 0 Å². The molecule has 0 aliphatic heterocycles. The van der Waals surface area contributed by atoms with Crippen molar-refractivity contribution in [2.24, 2.45) is 5.92 Å². The Morgan fingerprint density at radius 1 is 1.19 bits per heavy atom. The van der Waals surface area contributed by atoms with Gasteiger partial charge in [0.05, 0.1) is 4.90 Å². The Morgan fingerprint density at radius 3 is 2.19 bits per heavy atom. The third-order valence-electron chi connectivity index (χ3n) is 3.37. The van der Waals surface area contributed by atoms with Crippen molar-refractivity contribution < 1.29 is 8.42 Å². The Morgan fingerprint density at radius 2 is 1.76 bits per heavy atom. The Bertz CT molecular complexity index is 527. The van der Waals surface area contributed by atoms with Gasteiger partial charge in [-0.15, -0.1) is 0 Å². The molecule has 0 bridgehead atoms. The Labute approximate surface area is 137 Å². The molecule has 1 atom stereocenters. The zero-order chi connectivity index (χ0) is 16.0. The zero-order valence-electron chi connectivity index (χ0n) is 13.1. The maximum absolute atomic E-state index is 12.3. The van der Waals surface area contributed by atoms with Gasteiger partial charge in [-0.2, -0.15) is 0 Å². The molecule has 4 nitrogen and oxygen atoms in total. The van der Waals surface area contributed by atoms with Gasteiger partial charge in [0.15, 0.2) is 0 Å². The minimum atomic E-state index is -3.44. The van der Waals surface area contributed by atoms with Gasteiger partial charge < -0.3 is 4.90 Å². The van der Waals surface area contributed by atoms with E-state index in [9.17, 15) is 8.42 Å². The molecule has 0 amide bonds. The number of hydrogen-bond donors (Lipinski definition) is 1. The molecule has 0 saturated heterocycles. The third kappa shape index (κ3) is 6.06. The average molecular weight is 377 g/mol. The van der Waals surface area contributed by atoms with Crippen LogP contribution in [-0.4, -0.2) is 40.0 Å². The Hall–Kier alpha value is -0.430. The van der Waals surface area contributed by atoms with E-state index in [2.05, 4.69) is 39.4 Å². The van der Waals surface area contributed by atoms with Gasteiger partial charge in [0.25, 0.3) is 0 Å². The smallest absolute Gasteiger partial charge is 0.240 e. The first-order valence-corrected chi connectivity index (χ1v) is 9.67. The van der Waals surface area contributed by atoms with Crippen molar-refractivity contribution in [3.8, 4) is 0 Å². The Balaban J connectivity index is 2.74. The minimum Gasteiger partial charge on any atom is -0.305 e. The fourth-order valence-electron chi connectivity index (χ4n) is 2.07. The molecular weight excluding hydrogens is 352 g/mol. The van der Waals surface area contributed by atoms with Crippen LogP contribution in [0.25, 0.3) is 0 Å². The summed E-state index contributed by atoms with van der Waals surface area (Å²) in [5, 5.41) is 0.720. The van der Waals surface area contributed by atoms with Crippen LogP contribution in [0.1, 0.15) is 25.8 Å². The third-order valence-corrected chi connectivity index (χ3v) is 5.46. The molecule has 120 valence electrons. The van der Waals surface area contributed by atoms with Crippen molar-refractivity contribution in [2.75, 3.05) is 20.6 Å². The first-order valence-electron chi connectivity index (χ1n) is 7.07. The van der Waals surface area contributed by atoms with E-state index in [1.165, 1.54) is 0 Å². The van der Waals surface area contributed by atoms with Crippen molar-refractivity contribution in [1.82, 2.24) is 9.62 Å². The molecule has 21 heavy (non-hydrogen) atoms. The van der Waals surface area contributed by atoms with Crippen LogP contribution < -0.4 is 4.72 Å². The molecule has 0 aliphatic rings. The molecule has 0 radical (unpaired) electrons. The van der Waals surface area contributed by atoms with E-state index in [0.29, 0.717) is 17.4 Å². The van der Waals surface area contributed by atoms with E-state index >= 15 is 0 Å². The summed E-state index contributed by atoms with van der Waals surface area (Å²) >= 11 is 3.35. The monoisotopic (exact) mass is 376 g/mol. The van der Waals surface area contributed by atoms with Crippen LogP contribution in [-0.2, 0) is 15.4 Å². The van der Waals surface area contributed by atoms with E-state index < -0.39 is 10.0 Å². The number of hydrogen-bond acceptors (Lipinski definition) is 3. The van der Waals surface area contributed by atoms with Gasteiger partial charge in [0.2, 0.25) is 10.0 Å². The van der Waals surface area contributed by atoms with Crippen molar-refractivity contribution in [1.29, 1.82) is 0 Å². The molecule has 0 fully saturated rings. The number of rotatable bonds is 8. The molecule has 0 heterocycles. The summed E-state index contributed by atoms with van der Waals surface area (Å²) in [4.78, 5) is 2.38. The van der Waals surface area contributed by atoms with E-state index in [0.717, 1.165) is 17.3 Å². The number of sulfonamides is 1. The molecule has 6 heteroatoms. The molecule has 0 spiro atoms. The summed E-state index contributed by atoms with van der Waals surface area (Å²) in [5.41, 5.74) is 1.06. The normalized spacial score (nSPS) is 13.9. The van der Waals surface area contributed by atoms with Crippen molar-refractivity contribution >= 4 is 26.0 Å². The number of likely N-dealkylation sites (N-methyl/N-ethyl adjacent to an activating group) is 1. The number of alkyl halides is 1. The lowest BCUT2D eigenvalue weighted by atomic mass is 10.0. The lowest BCUT2D eigenvalue weighted by Crippen LogP contribution is -2.41. The second-order valence-electron chi connectivity index (χ2n) is 5.88. The number of nitrogens with one attached hydrogen (secondary N) is 1. The van der Waals surface area contributed by atoms with Crippen LogP contribution in [0.3, 0.4) is 0 Å². The van der Waals surface area contributed by atoms with Gasteiger partial charge in [-0.25, -0.2) is 13.1 Å². The summed E-state index contributed by atoms with van der Waals surface area (Å²) in [6, 6.07) is 7.13. The van der Waals surface area contributed by atoms with Crippen molar-refractivity contribution in [2.45, 2.75) is 36.5 Å². The second-order valence-corrected chi connectivity index (χ2v) is 8.20. The molecule has 0 saturated carbocycles. The summed E-state index contributed by atoms with van der Waals surface area (Å²) in [6.45, 7) is 4.71. The summed E-state index contributed by atoms with van der Waals surface area (Å²) in [7, 11) is 0.515. The van der Waals surface area contributed by atoms with Crippen molar-refractivity contribution in [3.05, 3.63) is 29.8 Å². The summed E-state index contributed by atoms with van der Waals surface area (Å²) in [5.74, 6) is 0.528. The number of benzene rings is 1. The van der Waals surface area contributed by atoms with Crippen LogP contribution in [0, 0.1) is 5.92 Å². The van der Waals surface area contributed by atoms with E-state index in [1.54, 1.807) is 12.1 Å². The molecule has 1 aromatic rings. The Kier molecular flexibility index (Phi) is 7.33. The molecule has 1 aromatic carbocycles. The average Bonchev–Trinajstić information content (AvgIpc) is 2.43. The largest absolute Gasteiger partial charge is 0.305 e. The molecule has 1 unspecified atom stereocenters. The number of halogens is 1. The molecular formula is C15H25BrN2O2S. The zero-order valence-corrected chi connectivity index (χ0v) is 15.5. The molecule has 0 aliphatic carbocycles. The first kappa shape index (κ1) is 18.6. The lowest BCUT2D eigenvalue weighted by molar-refractivity contribution is 0.255. The highest BCUT2D eigenvalue weighted by atomic mass is 79.9. The van der Waals surface area contributed by atoms with E-state index in [-0.39, 0.29) is 6.04 Å². The first-order chi connectivity index (χ1) is 9.76. The second kappa shape index (κ2) is 8.27. The highest BCUT2D eigenvalue weighted by Crippen LogP contribution is 2.14. The molecule has 1 rings (SSSR count). The van der Waals surface area contributed by atoms with E-state index in [1.807, 2.05) is 26.2 Å². The lowest BCUT2D eigenvalue weighted by Gasteiger charge is -2.26. The standard InChI is InChI=1S/C15H25BrN2O2S/c1-12(2)9-14(18(3)4)11-17-21(19,20)15-7-5-13(10-16)6-8-15/h5-8,12,14,17H,9-11H2,1-4H3. The van der Waals surface area contributed by atoms with Crippen LogP contribution in [0.2, 0.25) is 0 Å². The van der Waals surface area contributed by atoms with Gasteiger partial charge >= 0.3 is 0 Å². The summed E-state index contributed by atoms with van der Waals surface area (Å²) in [6.07, 6.45) is 0.956. The predicted molar refractivity (Wildman–Crippen MR) is 91.2 cm³/mol. The maximum atomic E-state index is 12.3. The van der Waals surface area contributed by atoms with Crippen LogP contribution >= 0.6 is 15.9 Å². The fourth-order valence-corrected chi connectivity index (χ4v) is 3.51. The van der Waals surface area contributed by atoms with Gasteiger partial charge in [-0.1, -0.05) is 41.9 Å².